The fraction of sp³-hybridized carbons (Fsp3) is 0.455. The molecule has 0 bridgehead atoms. The molecule has 6 aromatic rings. The fourth-order valence-electron chi connectivity index (χ4n) is 7.91. The van der Waals surface area contributed by atoms with Crippen LogP contribution >= 0.6 is 0 Å². The zero-order valence-electron chi connectivity index (χ0n) is 39.1. The van der Waals surface area contributed by atoms with Gasteiger partial charge < -0.3 is 23.0 Å². The van der Waals surface area contributed by atoms with Gasteiger partial charge in [-0.3, -0.25) is 9.59 Å². The van der Waals surface area contributed by atoms with Crippen molar-refractivity contribution in [2.75, 3.05) is 13.2 Å². The summed E-state index contributed by atoms with van der Waals surface area (Å²) >= 11 is 0. The first kappa shape index (κ1) is 49.3. The smallest absolute Gasteiger partial charge is 0.248 e. The average molecular weight is 897 g/mol. The molecular formula is C55H68N4O7. The molecule has 2 heterocycles. The zero-order valence-corrected chi connectivity index (χ0v) is 39.1. The first-order valence-corrected chi connectivity index (χ1v) is 24.5. The molecule has 0 aliphatic rings. The van der Waals surface area contributed by atoms with Crippen molar-refractivity contribution in [3.63, 3.8) is 0 Å². The molecule has 66 heavy (non-hydrogen) atoms. The highest BCUT2D eigenvalue weighted by Crippen LogP contribution is 2.33. The van der Waals surface area contributed by atoms with Crippen LogP contribution in [0.2, 0.25) is 0 Å². The van der Waals surface area contributed by atoms with Crippen LogP contribution in [0.5, 0.6) is 17.2 Å². The number of hydrogen-bond acceptors (Lipinski definition) is 11. The van der Waals surface area contributed by atoms with E-state index < -0.39 is 0 Å². The number of nitrogens with zero attached hydrogens (tertiary/aromatic N) is 4. The Bertz CT molecular complexity index is 2320. The van der Waals surface area contributed by atoms with Crippen LogP contribution in [-0.2, 0) is 6.61 Å². The van der Waals surface area contributed by atoms with Gasteiger partial charge in [0.05, 0.1) is 18.8 Å². The van der Waals surface area contributed by atoms with Crippen molar-refractivity contribution >= 4 is 12.6 Å². The lowest BCUT2D eigenvalue weighted by atomic mass is 10.0. The summed E-state index contributed by atoms with van der Waals surface area (Å²) in [5.41, 5.74) is 4.11. The monoisotopic (exact) mass is 897 g/mol. The molecule has 0 fully saturated rings. The molecule has 0 atom stereocenters. The number of unbranched alkanes of at least 4 members (excludes halogenated alkanes) is 18. The van der Waals surface area contributed by atoms with E-state index in [-0.39, 0.29) is 18.2 Å². The highest BCUT2D eigenvalue weighted by atomic mass is 16.5. The van der Waals surface area contributed by atoms with E-state index in [1.165, 1.54) is 122 Å². The van der Waals surface area contributed by atoms with Crippen LogP contribution in [0.3, 0.4) is 0 Å². The van der Waals surface area contributed by atoms with Crippen LogP contribution in [0, 0.1) is 0 Å². The van der Waals surface area contributed by atoms with Crippen molar-refractivity contribution in [2.45, 2.75) is 149 Å². The Morgan fingerprint density at radius 2 is 0.879 bits per heavy atom. The van der Waals surface area contributed by atoms with Crippen LogP contribution in [0.1, 0.15) is 169 Å². The fourth-order valence-corrected chi connectivity index (χ4v) is 7.91. The maximum Gasteiger partial charge on any atom is 0.248 e. The molecular weight excluding hydrogens is 829 g/mol. The van der Waals surface area contributed by atoms with Gasteiger partial charge in [-0.05, 0) is 91.7 Å². The molecule has 0 aliphatic carbocycles. The maximum atomic E-state index is 11.9. The van der Waals surface area contributed by atoms with Crippen LogP contribution < -0.4 is 14.2 Å². The number of carbonyl (C=O) groups is 2. The van der Waals surface area contributed by atoms with Gasteiger partial charge in [-0.1, -0.05) is 135 Å². The molecule has 2 aromatic heterocycles. The molecule has 0 aliphatic heterocycles. The lowest BCUT2D eigenvalue weighted by Crippen LogP contribution is -2.02. The number of carbonyl (C=O) groups excluding carboxylic acids is 2. The SMILES string of the molecule is CCCCCCCCCCCCOc1ccc(-c2nnc(-c3ccc(-c4nnc(-c5ccc(OCCCCCCCCCCCC)cc5)o4)c(COc4cc(C=O)ccc4C=O)c3)o2)cc1. The topological polar surface area (TPSA) is 140 Å². The molecule has 6 rings (SSSR count). The summed E-state index contributed by atoms with van der Waals surface area (Å²) in [4.78, 5) is 23.5. The molecule has 4 aromatic carbocycles. The zero-order chi connectivity index (χ0) is 46.0. The Labute approximate surface area is 391 Å². The maximum absolute atomic E-state index is 11.9. The minimum absolute atomic E-state index is 0.00327. The minimum atomic E-state index is -0.00327. The van der Waals surface area contributed by atoms with Crippen molar-refractivity contribution in [3.05, 3.63) is 102 Å². The van der Waals surface area contributed by atoms with E-state index in [1.807, 2.05) is 66.7 Å². The average Bonchev–Trinajstić information content (AvgIpc) is 4.06. The van der Waals surface area contributed by atoms with Gasteiger partial charge in [0.25, 0.3) is 0 Å². The molecule has 0 radical (unpaired) electrons. The van der Waals surface area contributed by atoms with Crippen LogP contribution in [-0.4, -0.2) is 46.2 Å². The second-order valence-corrected chi connectivity index (χ2v) is 17.1. The van der Waals surface area contributed by atoms with Gasteiger partial charge in [0.15, 0.2) is 6.29 Å². The van der Waals surface area contributed by atoms with Gasteiger partial charge in [-0.15, -0.1) is 20.4 Å². The summed E-state index contributed by atoms with van der Waals surface area (Å²) in [7, 11) is 0. The predicted molar refractivity (Wildman–Crippen MR) is 260 cm³/mol. The first-order valence-electron chi connectivity index (χ1n) is 24.5. The highest BCUT2D eigenvalue weighted by Gasteiger charge is 2.19. The highest BCUT2D eigenvalue weighted by molar-refractivity contribution is 5.83. The van der Waals surface area contributed by atoms with Gasteiger partial charge in [-0.2, -0.15) is 0 Å². The van der Waals surface area contributed by atoms with Crippen LogP contribution in [0.4, 0.5) is 0 Å². The number of rotatable bonds is 33. The minimum Gasteiger partial charge on any atom is -0.494 e. The van der Waals surface area contributed by atoms with E-state index in [0.29, 0.717) is 71.3 Å². The third kappa shape index (κ3) is 15.8. The second kappa shape index (κ2) is 28.1. The van der Waals surface area contributed by atoms with Gasteiger partial charge >= 0.3 is 0 Å². The summed E-state index contributed by atoms with van der Waals surface area (Å²) in [5.74, 6) is 3.15. The van der Waals surface area contributed by atoms with E-state index in [2.05, 4.69) is 34.2 Å². The molecule has 0 spiro atoms. The summed E-state index contributed by atoms with van der Waals surface area (Å²) in [6.45, 7) is 5.88. The summed E-state index contributed by atoms with van der Waals surface area (Å²) < 4.78 is 30.6. The van der Waals surface area contributed by atoms with E-state index >= 15 is 0 Å². The molecule has 350 valence electrons. The normalized spacial score (nSPS) is 11.2. The van der Waals surface area contributed by atoms with Crippen molar-refractivity contribution < 1.29 is 32.6 Å². The first-order chi connectivity index (χ1) is 32.6. The third-order valence-corrected chi connectivity index (χ3v) is 11.9. The Morgan fingerprint density at radius 1 is 0.439 bits per heavy atom. The van der Waals surface area contributed by atoms with E-state index in [4.69, 9.17) is 23.0 Å². The van der Waals surface area contributed by atoms with Gasteiger partial charge in [-0.25, -0.2) is 0 Å². The molecule has 11 heteroatoms. The summed E-state index contributed by atoms with van der Waals surface area (Å²) in [6, 6.07) is 25.5. The summed E-state index contributed by atoms with van der Waals surface area (Å²) in [5, 5.41) is 17.5. The largest absolute Gasteiger partial charge is 0.494 e. The lowest BCUT2D eigenvalue weighted by Gasteiger charge is -2.12. The Balaban J connectivity index is 1.07. The van der Waals surface area contributed by atoms with E-state index in [9.17, 15) is 9.59 Å². The molecule has 0 saturated heterocycles. The molecule has 11 nitrogen and oxygen atoms in total. The van der Waals surface area contributed by atoms with Crippen molar-refractivity contribution in [3.8, 4) is 63.1 Å². The van der Waals surface area contributed by atoms with Gasteiger partial charge in [0.1, 0.15) is 30.1 Å². The molecule has 0 saturated carbocycles. The Hall–Kier alpha value is -6.10. The number of aldehydes is 2. The van der Waals surface area contributed by atoms with Crippen molar-refractivity contribution in [1.29, 1.82) is 0 Å². The standard InChI is InChI=1S/C55H68N4O7/c1-3-5-7-9-11-13-15-17-19-21-35-62-48-30-25-43(26-31-48)52-56-58-54(65-52)45-29-34-50(47(38-45)41-64-51-37-42(39-60)23-24-46(51)40-61)55-59-57-53(66-55)44-27-32-49(33-28-44)63-36-22-20-18-16-14-12-10-8-6-4-2/h23-34,37-40H,3-22,35-36,41H2,1-2H3. The number of ether oxygens (including phenoxy) is 3. The van der Waals surface area contributed by atoms with Crippen LogP contribution in [0.15, 0.2) is 93.8 Å². The van der Waals surface area contributed by atoms with Gasteiger partial charge in [0, 0.05) is 33.4 Å². The third-order valence-electron chi connectivity index (χ3n) is 11.9. The quantitative estimate of drug-likeness (QED) is 0.0288. The van der Waals surface area contributed by atoms with E-state index in [0.717, 1.165) is 35.5 Å². The molecule has 0 unspecified atom stereocenters. The summed E-state index contributed by atoms with van der Waals surface area (Å²) in [6.07, 6.45) is 27.1. The number of benzene rings is 4. The predicted octanol–water partition coefficient (Wildman–Crippen LogP) is 14.9. The van der Waals surface area contributed by atoms with Gasteiger partial charge in [0.2, 0.25) is 23.6 Å². The molecule has 0 N–H and O–H groups in total. The second-order valence-electron chi connectivity index (χ2n) is 17.1. The Kier molecular flexibility index (Phi) is 21.0. The number of hydrogen-bond donors (Lipinski definition) is 0. The van der Waals surface area contributed by atoms with Crippen molar-refractivity contribution in [1.82, 2.24) is 20.4 Å². The van der Waals surface area contributed by atoms with Crippen LogP contribution in [0.25, 0.3) is 45.8 Å². The van der Waals surface area contributed by atoms with E-state index in [1.54, 1.807) is 12.1 Å². The van der Waals surface area contributed by atoms with Crippen molar-refractivity contribution in [2.24, 2.45) is 0 Å². The number of aromatic nitrogens is 4. The molecule has 0 amide bonds. The lowest BCUT2D eigenvalue weighted by molar-refractivity contribution is 0.110. The Morgan fingerprint density at radius 3 is 1.36 bits per heavy atom.